The second-order valence-electron chi connectivity index (χ2n) is 4.72. The lowest BCUT2D eigenvalue weighted by molar-refractivity contribution is 0.558. The van der Waals surface area contributed by atoms with Crippen molar-refractivity contribution >= 4 is 0 Å². The Morgan fingerprint density at radius 2 is 1.47 bits per heavy atom. The molecule has 0 radical (unpaired) electrons. The van der Waals surface area contributed by atoms with Crippen molar-refractivity contribution in [2.45, 2.75) is 13.8 Å². The van der Waals surface area contributed by atoms with Crippen LogP contribution in [0.3, 0.4) is 0 Å². The SMILES string of the molecule is Cc1cccc(C)c1-c1ccc(-c2cocn2)cc1. The maximum Gasteiger partial charge on any atom is 0.181 e. The Hall–Kier alpha value is -2.35. The van der Waals surface area contributed by atoms with E-state index in [2.05, 4.69) is 61.3 Å². The Kier molecular flexibility index (Phi) is 2.92. The quantitative estimate of drug-likeness (QED) is 0.662. The maximum absolute atomic E-state index is 5.01. The summed E-state index contributed by atoms with van der Waals surface area (Å²) in [7, 11) is 0. The number of aryl methyl sites for hydroxylation is 2. The van der Waals surface area contributed by atoms with E-state index in [-0.39, 0.29) is 0 Å². The third kappa shape index (κ3) is 2.17. The van der Waals surface area contributed by atoms with E-state index < -0.39 is 0 Å². The molecule has 2 aromatic carbocycles. The summed E-state index contributed by atoms with van der Waals surface area (Å²) in [6, 6.07) is 14.8. The molecule has 0 fully saturated rings. The van der Waals surface area contributed by atoms with E-state index in [4.69, 9.17) is 4.42 Å². The average Bonchev–Trinajstić information content (AvgIpc) is 2.93. The zero-order valence-corrected chi connectivity index (χ0v) is 11.1. The number of hydrogen-bond acceptors (Lipinski definition) is 2. The van der Waals surface area contributed by atoms with Crippen LogP contribution >= 0.6 is 0 Å². The van der Waals surface area contributed by atoms with Crippen molar-refractivity contribution in [1.29, 1.82) is 0 Å². The van der Waals surface area contributed by atoms with Gasteiger partial charge in [0, 0.05) is 5.56 Å². The van der Waals surface area contributed by atoms with E-state index >= 15 is 0 Å². The van der Waals surface area contributed by atoms with Crippen LogP contribution in [0.2, 0.25) is 0 Å². The van der Waals surface area contributed by atoms with E-state index in [1.54, 1.807) is 6.26 Å². The van der Waals surface area contributed by atoms with Crippen molar-refractivity contribution in [2.75, 3.05) is 0 Å². The monoisotopic (exact) mass is 249 g/mol. The molecule has 0 spiro atoms. The van der Waals surface area contributed by atoms with Gasteiger partial charge >= 0.3 is 0 Å². The van der Waals surface area contributed by atoms with Gasteiger partial charge < -0.3 is 4.42 Å². The van der Waals surface area contributed by atoms with Gasteiger partial charge in [-0.15, -0.1) is 0 Å². The van der Waals surface area contributed by atoms with E-state index in [0.29, 0.717) is 0 Å². The number of rotatable bonds is 2. The van der Waals surface area contributed by atoms with Crippen LogP contribution in [-0.2, 0) is 0 Å². The van der Waals surface area contributed by atoms with E-state index in [1.807, 2.05) is 0 Å². The Bertz CT molecular complexity index is 662. The third-order valence-electron chi connectivity index (χ3n) is 3.38. The Morgan fingerprint density at radius 1 is 0.842 bits per heavy atom. The summed E-state index contributed by atoms with van der Waals surface area (Å²) in [5, 5.41) is 0. The summed E-state index contributed by atoms with van der Waals surface area (Å²) in [4.78, 5) is 4.16. The van der Waals surface area contributed by atoms with Crippen molar-refractivity contribution in [2.24, 2.45) is 0 Å². The molecule has 0 unspecified atom stereocenters. The minimum Gasteiger partial charge on any atom is -0.451 e. The lowest BCUT2D eigenvalue weighted by Gasteiger charge is -2.10. The smallest absolute Gasteiger partial charge is 0.181 e. The van der Waals surface area contributed by atoms with E-state index in [1.165, 1.54) is 28.6 Å². The van der Waals surface area contributed by atoms with Crippen LogP contribution in [0.25, 0.3) is 22.4 Å². The molecule has 0 atom stereocenters. The molecular weight excluding hydrogens is 234 g/mol. The normalized spacial score (nSPS) is 10.6. The maximum atomic E-state index is 5.01. The Labute approximate surface area is 112 Å². The zero-order chi connectivity index (χ0) is 13.2. The summed E-state index contributed by atoms with van der Waals surface area (Å²) >= 11 is 0. The van der Waals surface area contributed by atoms with Crippen molar-refractivity contribution in [3.8, 4) is 22.4 Å². The highest BCUT2D eigenvalue weighted by Crippen LogP contribution is 2.28. The molecule has 19 heavy (non-hydrogen) atoms. The summed E-state index contributed by atoms with van der Waals surface area (Å²) in [6.07, 6.45) is 3.11. The van der Waals surface area contributed by atoms with E-state index in [0.717, 1.165) is 11.3 Å². The van der Waals surface area contributed by atoms with Crippen molar-refractivity contribution in [3.05, 3.63) is 66.2 Å². The second-order valence-corrected chi connectivity index (χ2v) is 4.72. The van der Waals surface area contributed by atoms with Crippen LogP contribution < -0.4 is 0 Å². The molecule has 3 rings (SSSR count). The highest BCUT2D eigenvalue weighted by molar-refractivity contribution is 5.73. The number of hydrogen-bond donors (Lipinski definition) is 0. The topological polar surface area (TPSA) is 26.0 Å². The standard InChI is InChI=1S/C17H15NO/c1-12-4-3-5-13(2)17(12)15-8-6-14(7-9-15)16-10-19-11-18-16/h3-11H,1-2H3. The molecule has 2 heteroatoms. The first-order valence-electron chi connectivity index (χ1n) is 6.31. The molecular formula is C17H15NO. The average molecular weight is 249 g/mol. The van der Waals surface area contributed by atoms with Gasteiger partial charge in [-0.1, -0.05) is 42.5 Å². The molecule has 2 nitrogen and oxygen atoms in total. The number of oxazole rings is 1. The van der Waals surface area contributed by atoms with Crippen LogP contribution in [0.4, 0.5) is 0 Å². The zero-order valence-electron chi connectivity index (χ0n) is 11.1. The largest absolute Gasteiger partial charge is 0.451 e. The molecule has 1 aromatic heterocycles. The number of nitrogens with zero attached hydrogens (tertiary/aromatic N) is 1. The molecule has 0 saturated carbocycles. The lowest BCUT2D eigenvalue weighted by atomic mass is 9.95. The van der Waals surface area contributed by atoms with Crippen LogP contribution in [0, 0.1) is 13.8 Å². The summed E-state index contributed by atoms with van der Waals surface area (Å²) in [5.41, 5.74) is 7.09. The fourth-order valence-corrected chi connectivity index (χ4v) is 2.43. The predicted octanol–water partition coefficient (Wildman–Crippen LogP) is 4.63. The van der Waals surface area contributed by atoms with Crippen LogP contribution in [0.5, 0.6) is 0 Å². The Balaban J connectivity index is 2.04. The van der Waals surface area contributed by atoms with Crippen LogP contribution in [-0.4, -0.2) is 4.98 Å². The lowest BCUT2D eigenvalue weighted by Crippen LogP contribution is -1.87. The van der Waals surface area contributed by atoms with E-state index in [9.17, 15) is 0 Å². The molecule has 94 valence electrons. The van der Waals surface area contributed by atoms with Gasteiger partial charge in [-0.25, -0.2) is 4.98 Å². The molecule has 0 aliphatic heterocycles. The fraction of sp³-hybridized carbons (Fsp3) is 0.118. The summed E-state index contributed by atoms with van der Waals surface area (Å²) in [6.45, 7) is 4.29. The van der Waals surface area contributed by atoms with Crippen molar-refractivity contribution < 1.29 is 4.42 Å². The van der Waals surface area contributed by atoms with Gasteiger partial charge in [0.1, 0.15) is 12.0 Å². The minimum absolute atomic E-state index is 0.869. The van der Waals surface area contributed by atoms with Gasteiger partial charge in [0.2, 0.25) is 0 Å². The third-order valence-corrected chi connectivity index (χ3v) is 3.38. The Morgan fingerprint density at radius 3 is 2.05 bits per heavy atom. The van der Waals surface area contributed by atoms with Gasteiger partial charge in [-0.3, -0.25) is 0 Å². The van der Waals surface area contributed by atoms with Gasteiger partial charge in [-0.2, -0.15) is 0 Å². The molecule has 0 aliphatic rings. The molecule has 3 aromatic rings. The first-order chi connectivity index (χ1) is 9.25. The molecule has 0 saturated heterocycles. The molecule has 0 bridgehead atoms. The van der Waals surface area contributed by atoms with Crippen LogP contribution in [0.15, 0.2) is 59.5 Å². The van der Waals surface area contributed by atoms with Crippen LogP contribution in [0.1, 0.15) is 11.1 Å². The highest BCUT2D eigenvalue weighted by atomic mass is 16.3. The number of benzene rings is 2. The summed E-state index contributed by atoms with van der Waals surface area (Å²) < 4.78 is 5.01. The van der Waals surface area contributed by atoms with Gasteiger partial charge in [0.05, 0.1) is 0 Å². The first-order valence-corrected chi connectivity index (χ1v) is 6.31. The van der Waals surface area contributed by atoms with Gasteiger partial charge in [-0.05, 0) is 36.1 Å². The summed E-state index contributed by atoms with van der Waals surface area (Å²) in [5.74, 6) is 0. The van der Waals surface area contributed by atoms with Gasteiger partial charge in [0.15, 0.2) is 6.39 Å². The predicted molar refractivity (Wildman–Crippen MR) is 76.8 cm³/mol. The second kappa shape index (κ2) is 4.73. The fourth-order valence-electron chi connectivity index (χ4n) is 2.43. The number of aromatic nitrogens is 1. The van der Waals surface area contributed by atoms with Crippen molar-refractivity contribution in [1.82, 2.24) is 4.98 Å². The molecule has 0 aliphatic carbocycles. The highest BCUT2D eigenvalue weighted by Gasteiger charge is 2.06. The molecule has 0 N–H and O–H groups in total. The van der Waals surface area contributed by atoms with Gasteiger partial charge in [0.25, 0.3) is 0 Å². The molecule has 0 amide bonds. The molecule has 1 heterocycles. The van der Waals surface area contributed by atoms with Crippen molar-refractivity contribution in [3.63, 3.8) is 0 Å². The minimum atomic E-state index is 0.869. The first kappa shape index (κ1) is 11.7.